The van der Waals surface area contributed by atoms with Crippen LogP contribution in [-0.4, -0.2) is 28.5 Å². The first kappa shape index (κ1) is 18.6. The maximum absolute atomic E-state index is 6.24. The van der Waals surface area contributed by atoms with E-state index in [-0.39, 0.29) is 0 Å². The number of hydrogen-bond acceptors (Lipinski definition) is 4. The summed E-state index contributed by atoms with van der Waals surface area (Å²) in [7, 11) is 0. The van der Waals surface area contributed by atoms with Gasteiger partial charge >= 0.3 is 0 Å². The van der Waals surface area contributed by atoms with Gasteiger partial charge in [0.25, 0.3) is 0 Å². The number of halogens is 1. The van der Waals surface area contributed by atoms with Gasteiger partial charge in [0.15, 0.2) is 0 Å². The van der Waals surface area contributed by atoms with Crippen LogP contribution in [0.1, 0.15) is 57.6 Å². The molecule has 1 aromatic rings. The average Bonchev–Trinajstić information content (AvgIpc) is 2.50. The second kappa shape index (κ2) is 12.1. The van der Waals surface area contributed by atoms with Gasteiger partial charge in [0.05, 0.1) is 5.69 Å². The van der Waals surface area contributed by atoms with Crippen LogP contribution in [0.2, 0.25) is 5.02 Å². The zero-order chi connectivity index (χ0) is 15.3. The summed E-state index contributed by atoms with van der Waals surface area (Å²) in [5, 5.41) is 4.00. The first-order valence-corrected chi connectivity index (χ1v) is 9.79. The Kier molecular flexibility index (Phi) is 10.7. The molecule has 5 heteroatoms. The number of aryl methyl sites for hydroxylation is 1. The van der Waals surface area contributed by atoms with E-state index in [9.17, 15) is 0 Å². The van der Waals surface area contributed by atoms with E-state index in [1.165, 1.54) is 50.7 Å². The van der Waals surface area contributed by atoms with E-state index >= 15 is 0 Å². The van der Waals surface area contributed by atoms with E-state index in [1.54, 1.807) is 6.33 Å². The molecule has 1 N–H and O–H groups in total. The average molecular weight is 330 g/mol. The summed E-state index contributed by atoms with van der Waals surface area (Å²) in [5.74, 6) is 2.09. The van der Waals surface area contributed by atoms with Crippen molar-refractivity contribution in [3.05, 3.63) is 17.0 Å². The Balaban J connectivity index is 2.04. The number of thioether (sulfide) groups is 1. The predicted molar refractivity (Wildman–Crippen MR) is 95.6 cm³/mol. The summed E-state index contributed by atoms with van der Waals surface area (Å²) in [6.45, 7) is 2.99. The van der Waals surface area contributed by atoms with Crippen LogP contribution < -0.4 is 5.32 Å². The molecular formula is C16H28ClN3S. The normalized spacial score (nSPS) is 10.8. The molecule has 1 rings (SSSR count). The van der Waals surface area contributed by atoms with E-state index in [1.807, 2.05) is 11.8 Å². The highest BCUT2D eigenvalue weighted by Gasteiger charge is 2.06. The van der Waals surface area contributed by atoms with Crippen molar-refractivity contribution in [2.75, 3.05) is 23.9 Å². The molecule has 0 bridgehead atoms. The summed E-state index contributed by atoms with van der Waals surface area (Å²) in [4.78, 5) is 8.38. The lowest BCUT2D eigenvalue weighted by Gasteiger charge is -2.09. The molecule has 0 spiro atoms. The first-order chi connectivity index (χ1) is 10.3. The standard InChI is InChI=1S/C16H28ClN3S/c1-3-14-15(17)16(20-13-19-14)18-11-9-7-5-4-6-8-10-12-21-2/h13H,3-12H2,1-2H3,(H,18,19,20). The van der Waals surface area contributed by atoms with Gasteiger partial charge in [-0.15, -0.1) is 0 Å². The summed E-state index contributed by atoms with van der Waals surface area (Å²) in [5.41, 5.74) is 0.916. The third-order valence-electron chi connectivity index (χ3n) is 3.51. The zero-order valence-electron chi connectivity index (χ0n) is 13.3. The lowest BCUT2D eigenvalue weighted by Crippen LogP contribution is -2.05. The van der Waals surface area contributed by atoms with E-state index in [4.69, 9.17) is 11.6 Å². The van der Waals surface area contributed by atoms with Gasteiger partial charge in [-0.25, -0.2) is 9.97 Å². The number of anilines is 1. The maximum Gasteiger partial charge on any atom is 0.148 e. The van der Waals surface area contributed by atoms with Crippen LogP contribution in [0.3, 0.4) is 0 Å². The number of aromatic nitrogens is 2. The second-order valence-electron chi connectivity index (χ2n) is 5.23. The fourth-order valence-corrected chi connectivity index (χ4v) is 3.03. The summed E-state index contributed by atoms with van der Waals surface area (Å²) < 4.78 is 0. The van der Waals surface area contributed by atoms with Crippen LogP contribution in [0.15, 0.2) is 6.33 Å². The van der Waals surface area contributed by atoms with E-state index in [0.29, 0.717) is 5.02 Å². The molecule has 0 amide bonds. The molecule has 0 saturated carbocycles. The lowest BCUT2D eigenvalue weighted by molar-refractivity contribution is 0.598. The van der Waals surface area contributed by atoms with E-state index < -0.39 is 0 Å². The molecular weight excluding hydrogens is 302 g/mol. The molecule has 0 radical (unpaired) electrons. The Morgan fingerprint density at radius 1 is 1.05 bits per heavy atom. The molecule has 3 nitrogen and oxygen atoms in total. The van der Waals surface area contributed by atoms with Crippen LogP contribution in [0.4, 0.5) is 5.82 Å². The molecule has 0 atom stereocenters. The quantitative estimate of drug-likeness (QED) is 0.535. The minimum absolute atomic E-state index is 0.675. The molecule has 120 valence electrons. The fourth-order valence-electron chi connectivity index (χ4n) is 2.24. The third-order valence-corrected chi connectivity index (χ3v) is 4.61. The summed E-state index contributed by atoms with van der Waals surface area (Å²) in [6, 6.07) is 0. The Morgan fingerprint density at radius 2 is 1.71 bits per heavy atom. The van der Waals surface area contributed by atoms with Crippen molar-refractivity contribution in [2.24, 2.45) is 0 Å². The van der Waals surface area contributed by atoms with Crippen molar-refractivity contribution in [3.63, 3.8) is 0 Å². The zero-order valence-corrected chi connectivity index (χ0v) is 14.9. The fraction of sp³-hybridized carbons (Fsp3) is 0.750. The van der Waals surface area contributed by atoms with Gasteiger partial charge in [-0.3, -0.25) is 0 Å². The molecule has 0 aliphatic heterocycles. The second-order valence-corrected chi connectivity index (χ2v) is 6.59. The molecule has 0 saturated heterocycles. The molecule has 21 heavy (non-hydrogen) atoms. The lowest BCUT2D eigenvalue weighted by atomic mass is 10.1. The Morgan fingerprint density at radius 3 is 2.38 bits per heavy atom. The summed E-state index contributed by atoms with van der Waals surface area (Å²) in [6.07, 6.45) is 13.9. The van der Waals surface area contributed by atoms with Crippen molar-refractivity contribution >= 4 is 29.2 Å². The van der Waals surface area contributed by atoms with Crippen LogP contribution >= 0.6 is 23.4 Å². The van der Waals surface area contributed by atoms with Crippen LogP contribution in [-0.2, 0) is 6.42 Å². The van der Waals surface area contributed by atoms with Crippen molar-refractivity contribution in [3.8, 4) is 0 Å². The van der Waals surface area contributed by atoms with Crippen molar-refractivity contribution < 1.29 is 0 Å². The molecule has 0 fully saturated rings. The van der Waals surface area contributed by atoms with Crippen LogP contribution in [0, 0.1) is 0 Å². The topological polar surface area (TPSA) is 37.8 Å². The van der Waals surface area contributed by atoms with Gasteiger partial charge in [-0.2, -0.15) is 11.8 Å². The highest BCUT2D eigenvalue weighted by Crippen LogP contribution is 2.22. The number of hydrogen-bond donors (Lipinski definition) is 1. The number of rotatable bonds is 12. The monoisotopic (exact) mass is 329 g/mol. The Hall–Kier alpha value is -0.480. The maximum atomic E-state index is 6.24. The van der Waals surface area contributed by atoms with Crippen molar-refractivity contribution in [1.29, 1.82) is 0 Å². The highest BCUT2D eigenvalue weighted by molar-refractivity contribution is 7.98. The Labute approximate surface area is 138 Å². The van der Waals surface area contributed by atoms with Gasteiger partial charge in [-0.1, -0.05) is 50.6 Å². The van der Waals surface area contributed by atoms with E-state index in [2.05, 4.69) is 28.5 Å². The van der Waals surface area contributed by atoms with Crippen molar-refractivity contribution in [2.45, 2.75) is 58.3 Å². The van der Waals surface area contributed by atoms with Crippen LogP contribution in [0.5, 0.6) is 0 Å². The smallest absolute Gasteiger partial charge is 0.148 e. The first-order valence-electron chi connectivity index (χ1n) is 8.01. The van der Waals surface area contributed by atoms with Gasteiger partial charge in [0.2, 0.25) is 0 Å². The van der Waals surface area contributed by atoms with Gasteiger partial charge in [-0.05, 0) is 31.3 Å². The summed E-state index contributed by atoms with van der Waals surface area (Å²) >= 11 is 8.19. The highest BCUT2D eigenvalue weighted by atomic mass is 35.5. The third kappa shape index (κ3) is 7.91. The van der Waals surface area contributed by atoms with Gasteiger partial charge < -0.3 is 5.32 Å². The Bertz CT molecular complexity index is 388. The van der Waals surface area contributed by atoms with Gasteiger partial charge in [0, 0.05) is 6.54 Å². The molecule has 0 unspecified atom stereocenters. The van der Waals surface area contributed by atoms with Gasteiger partial charge in [0.1, 0.15) is 17.2 Å². The minimum Gasteiger partial charge on any atom is -0.369 e. The van der Waals surface area contributed by atoms with Crippen LogP contribution in [0.25, 0.3) is 0 Å². The molecule has 0 aromatic carbocycles. The molecule has 1 heterocycles. The largest absolute Gasteiger partial charge is 0.369 e. The molecule has 0 aliphatic rings. The van der Waals surface area contributed by atoms with E-state index in [0.717, 1.165) is 24.5 Å². The minimum atomic E-state index is 0.675. The SMILES string of the molecule is CCc1ncnc(NCCCCCCCCCSC)c1Cl. The van der Waals surface area contributed by atoms with Crippen molar-refractivity contribution in [1.82, 2.24) is 9.97 Å². The predicted octanol–water partition coefficient (Wildman–Crippen LogP) is 5.20. The molecule has 0 aliphatic carbocycles. The number of nitrogens with zero attached hydrogens (tertiary/aromatic N) is 2. The number of unbranched alkanes of at least 4 members (excludes halogenated alkanes) is 6. The number of nitrogens with one attached hydrogen (secondary N) is 1. The molecule has 1 aromatic heterocycles.